The highest BCUT2D eigenvalue weighted by Crippen LogP contribution is 2.28. The maximum Gasteiger partial charge on any atom is 0.107 e. The van der Waals surface area contributed by atoms with Gasteiger partial charge >= 0.3 is 0 Å². The number of aliphatic hydroxyl groups is 1. The minimum Gasteiger partial charge on any atom is -0.386 e. The molecule has 0 fully saturated rings. The van der Waals surface area contributed by atoms with E-state index in [1.807, 2.05) is 44.2 Å². The quantitative estimate of drug-likeness (QED) is 0.900. The Morgan fingerprint density at radius 3 is 2.56 bits per heavy atom. The molecule has 2 rings (SSSR count). The van der Waals surface area contributed by atoms with E-state index in [-0.39, 0.29) is 12.0 Å². The van der Waals surface area contributed by atoms with Crippen LogP contribution in [0.5, 0.6) is 0 Å². The van der Waals surface area contributed by atoms with Gasteiger partial charge < -0.3 is 9.84 Å². The molecule has 3 nitrogen and oxygen atoms in total. The molecule has 2 atom stereocenters. The van der Waals surface area contributed by atoms with Crippen LogP contribution in [0.15, 0.2) is 36.5 Å². The number of rotatable bonds is 4. The number of hydrogen-bond acceptors (Lipinski definition) is 3. The molecule has 0 spiro atoms. The maximum atomic E-state index is 10.5. The molecule has 1 N–H and O–H groups in total. The van der Waals surface area contributed by atoms with Gasteiger partial charge in [-0.25, -0.2) is 0 Å². The van der Waals surface area contributed by atoms with Crippen LogP contribution in [0.3, 0.4) is 0 Å². The van der Waals surface area contributed by atoms with E-state index >= 15 is 0 Å². The topological polar surface area (TPSA) is 42.4 Å². The van der Waals surface area contributed by atoms with E-state index < -0.39 is 6.10 Å². The summed E-state index contributed by atoms with van der Waals surface area (Å²) in [6, 6.07) is 9.74. The summed E-state index contributed by atoms with van der Waals surface area (Å²) in [5.74, 6) is 0.240. The third kappa shape index (κ3) is 2.37. The Hall–Kier alpha value is -1.45. The number of hydrogen-bond donors (Lipinski definition) is 1. The monoisotopic (exact) mass is 245 g/mol. The van der Waals surface area contributed by atoms with Crippen molar-refractivity contribution in [3.05, 3.63) is 42.1 Å². The fourth-order valence-electron chi connectivity index (χ4n) is 2.31. The molecule has 1 aromatic heterocycles. The highest BCUT2D eigenvalue weighted by Gasteiger charge is 2.25. The third-order valence-corrected chi connectivity index (χ3v) is 3.22. The molecule has 0 saturated heterocycles. The van der Waals surface area contributed by atoms with Crippen LogP contribution in [0.25, 0.3) is 10.9 Å². The number of aromatic nitrogens is 1. The standard InChI is InChI=1S/C15H19NO2/c1-10(2)15(18-3)14(17)12-8-4-6-11-7-5-9-16-13(11)12/h4-10,14-15,17H,1-3H3. The third-order valence-electron chi connectivity index (χ3n) is 3.22. The van der Waals surface area contributed by atoms with Crippen LogP contribution in [0.4, 0.5) is 0 Å². The summed E-state index contributed by atoms with van der Waals surface area (Å²) >= 11 is 0. The normalized spacial score (nSPS) is 14.9. The Kier molecular flexibility index (Phi) is 3.94. The second-order valence-electron chi connectivity index (χ2n) is 4.81. The van der Waals surface area contributed by atoms with Gasteiger partial charge in [0.2, 0.25) is 0 Å². The Morgan fingerprint density at radius 1 is 1.17 bits per heavy atom. The van der Waals surface area contributed by atoms with Gasteiger partial charge in [0.15, 0.2) is 0 Å². The summed E-state index contributed by atoms with van der Waals surface area (Å²) in [4.78, 5) is 4.36. The summed E-state index contributed by atoms with van der Waals surface area (Å²) < 4.78 is 5.40. The van der Waals surface area contributed by atoms with Crippen LogP contribution in [0, 0.1) is 5.92 Å². The van der Waals surface area contributed by atoms with Crippen LogP contribution < -0.4 is 0 Å². The van der Waals surface area contributed by atoms with Crippen molar-refractivity contribution in [2.75, 3.05) is 7.11 Å². The number of benzene rings is 1. The molecule has 18 heavy (non-hydrogen) atoms. The number of aliphatic hydroxyl groups excluding tert-OH is 1. The van der Waals surface area contributed by atoms with Gasteiger partial charge in [0.05, 0.1) is 11.6 Å². The van der Waals surface area contributed by atoms with Crippen LogP contribution in [-0.4, -0.2) is 23.3 Å². The lowest BCUT2D eigenvalue weighted by Crippen LogP contribution is -2.26. The molecule has 96 valence electrons. The number of methoxy groups -OCH3 is 1. The van der Waals surface area contributed by atoms with Gasteiger partial charge in [0.1, 0.15) is 6.10 Å². The van der Waals surface area contributed by atoms with Gasteiger partial charge in [-0.05, 0) is 12.0 Å². The van der Waals surface area contributed by atoms with Crippen LogP contribution in [0.1, 0.15) is 25.5 Å². The number of fused-ring (bicyclic) bond motifs is 1. The molecule has 0 radical (unpaired) electrons. The van der Waals surface area contributed by atoms with Crippen LogP contribution in [-0.2, 0) is 4.74 Å². The summed E-state index contributed by atoms with van der Waals surface area (Å²) in [6.45, 7) is 4.08. The molecule has 1 aromatic carbocycles. The average Bonchev–Trinajstić information content (AvgIpc) is 2.38. The van der Waals surface area contributed by atoms with Crippen molar-refractivity contribution in [1.82, 2.24) is 4.98 Å². The molecule has 0 aliphatic rings. The Bertz CT molecular complexity index is 519. The second-order valence-corrected chi connectivity index (χ2v) is 4.81. The SMILES string of the molecule is COC(C(C)C)C(O)c1cccc2cccnc12. The zero-order chi connectivity index (χ0) is 13.1. The van der Waals surface area contributed by atoms with Gasteiger partial charge in [0.25, 0.3) is 0 Å². The number of para-hydroxylation sites is 1. The molecule has 0 bridgehead atoms. The van der Waals surface area contributed by atoms with E-state index in [0.29, 0.717) is 0 Å². The second kappa shape index (κ2) is 5.46. The lowest BCUT2D eigenvalue weighted by atomic mass is 9.94. The Morgan fingerprint density at radius 2 is 1.89 bits per heavy atom. The molecule has 2 unspecified atom stereocenters. The Labute approximate surface area is 107 Å². The minimum atomic E-state index is -0.659. The summed E-state index contributed by atoms with van der Waals surface area (Å²) in [5, 5.41) is 11.5. The molecule has 0 aliphatic carbocycles. The maximum absolute atomic E-state index is 10.5. The van der Waals surface area contributed by atoms with Crippen molar-refractivity contribution in [2.24, 2.45) is 5.92 Å². The Balaban J connectivity index is 2.47. The van der Waals surface area contributed by atoms with Crippen LogP contribution in [0.2, 0.25) is 0 Å². The molecule has 3 heteroatoms. The van der Waals surface area contributed by atoms with E-state index in [1.165, 1.54) is 0 Å². The number of pyridine rings is 1. The van der Waals surface area contributed by atoms with Gasteiger partial charge in [-0.15, -0.1) is 0 Å². The molecular weight excluding hydrogens is 226 g/mol. The minimum absolute atomic E-state index is 0.224. The molecular formula is C15H19NO2. The lowest BCUT2D eigenvalue weighted by Gasteiger charge is -2.25. The van der Waals surface area contributed by atoms with Crippen molar-refractivity contribution in [2.45, 2.75) is 26.1 Å². The average molecular weight is 245 g/mol. The van der Waals surface area contributed by atoms with E-state index in [9.17, 15) is 5.11 Å². The first-order valence-corrected chi connectivity index (χ1v) is 6.19. The van der Waals surface area contributed by atoms with E-state index in [1.54, 1.807) is 13.3 Å². The van der Waals surface area contributed by atoms with Crippen molar-refractivity contribution in [3.8, 4) is 0 Å². The van der Waals surface area contributed by atoms with Gasteiger partial charge in [-0.2, -0.15) is 0 Å². The predicted molar refractivity (Wildman–Crippen MR) is 72.3 cm³/mol. The molecule has 2 aromatic rings. The zero-order valence-corrected chi connectivity index (χ0v) is 11.0. The number of ether oxygens (including phenoxy) is 1. The van der Waals surface area contributed by atoms with Gasteiger partial charge in [-0.3, -0.25) is 4.98 Å². The molecule has 0 amide bonds. The van der Waals surface area contributed by atoms with E-state index in [4.69, 9.17) is 4.74 Å². The highest BCUT2D eigenvalue weighted by atomic mass is 16.5. The van der Waals surface area contributed by atoms with Crippen molar-refractivity contribution >= 4 is 10.9 Å². The summed E-state index contributed by atoms with van der Waals surface area (Å²) in [7, 11) is 1.63. The highest BCUT2D eigenvalue weighted by molar-refractivity contribution is 5.81. The molecule has 0 aliphatic heterocycles. The fourth-order valence-corrected chi connectivity index (χ4v) is 2.31. The summed E-state index contributed by atoms with van der Waals surface area (Å²) in [6.07, 6.45) is 0.863. The smallest absolute Gasteiger partial charge is 0.107 e. The largest absolute Gasteiger partial charge is 0.386 e. The zero-order valence-electron chi connectivity index (χ0n) is 11.0. The van der Waals surface area contributed by atoms with E-state index in [2.05, 4.69) is 4.98 Å². The van der Waals surface area contributed by atoms with Crippen LogP contribution >= 0.6 is 0 Å². The van der Waals surface area contributed by atoms with Crippen molar-refractivity contribution in [1.29, 1.82) is 0 Å². The molecule has 1 heterocycles. The lowest BCUT2D eigenvalue weighted by molar-refractivity contribution is -0.0385. The van der Waals surface area contributed by atoms with E-state index in [0.717, 1.165) is 16.5 Å². The first kappa shape index (κ1) is 13.0. The van der Waals surface area contributed by atoms with Crippen molar-refractivity contribution < 1.29 is 9.84 Å². The molecule has 0 saturated carbocycles. The van der Waals surface area contributed by atoms with Gasteiger partial charge in [0, 0.05) is 24.3 Å². The van der Waals surface area contributed by atoms with Gasteiger partial charge in [-0.1, -0.05) is 38.1 Å². The van der Waals surface area contributed by atoms with Crippen molar-refractivity contribution in [3.63, 3.8) is 0 Å². The first-order chi connectivity index (χ1) is 8.65. The number of nitrogens with zero attached hydrogens (tertiary/aromatic N) is 1. The summed E-state index contributed by atoms with van der Waals surface area (Å²) in [5.41, 5.74) is 1.67. The first-order valence-electron chi connectivity index (χ1n) is 6.19. The predicted octanol–water partition coefficient (Wildman–Crippen LogP) is 2.94. The fraction of sp³-hybridized carbons (Fsp3) is 0.400.